The van der Waals surface area contributed by atoms with Crippen molar-refractivity contribution in [2.75, 3.05) is 5.32 Å². The van der Waals surface area contributed by atoms with Crippen LogP contribution in [0.4, 0.5) is 9.93 Å². The number of ether oxygens (including phenoxy) is 1. The highest BCUT2D eigenvalue weighted by Gasteiger charge is 2.18. The number of rotatable bonds is 2. The molecule has 22 heavy (non-hydrogen) atoms. The molecule has 0 saturated carbocycles. The van der Waals surface area contributed by atoms with Gasteiger partial charge in [-0.3, -0.25) is 9.72 Å². The molecule has 0 bridgehead atoms. The summed E-state index contributed by atoms with van der Waals surface area (Å²) in [5.74, 6) is 0.604. The zero-order valence-corrected chi connectivity index (χ0v) is 13.2. The van der Waals surface area contributed by atoms with Crippen molar-refractivity contribution in [1.82, 2.24) is 19.4 Å². The first kappa shape index (κ1) is 14.5. The quantitative estimate of drug-likeness (QED) is 0.785. The average Bonchev–Trinajstić information content (AvgIpc) is 3.02. The second-order valence-electron chi connectivity index (χ2n) is 5.60. The molecule has 0 saturated heterocycles. The third-order valence-electron chi connectivity index (χ3n) is 2.66. The molecule has 1 N–H and O–H groups in total. The minimum atomic E-state index is -0.544. The SMILES string of the molecule is CC(C)(C)OC(=O)Nc1nc(-c2cnc3ncccn23)cs1. The van der Waals surface area contributed by atoms with Gasteiger partial charge in [-0.15, -0.1) is 11.3 Å². The van der Waals surface area contributed by atoms with Gasteiger partial charge in [0.1, 0.15) is 11.3 Å². The number of hydrogen-bond donors (Lipinski definition) is 1. The molecular weight excluding hydrogens is 302 g/mol. The van der Waals surface area contributed by atoms with E-state index in [1.807, 2.05) is 42.8 Å². The molecule has 114 valence electrons. The number of aromatic nitrogens is 4. The van der Waals surface area contributed by atoms with Crippen LogP contribution in [0.5, 0.6) is 0 Å². The minimum absolute atomic E-state index is 0.475. The molecule has 3 aromatic rings. The first-order chi connectivity index (χ1) is 10.4. The molecule has 0 fully saturated rings. The Hall–Kier alpha value is -2.48. The van der Waals surface area contributed by atoms with Gasteiger partial charge in [-0.2, -0.15) is 0 Å². The fourth-order valence-electron chi connectivity index (χ4n) is 1.86. The lowest BCUT2D eigenvalue weighted by Gasteiger charge is -2.18. The van der Waals surface area contributed by atoms with Gasteiger partial charge in [0.15, 0.2) is 5.13 Å². The third-order valence-corrected chi connectivity index (χ3v) is 3.42. The Bertz CT molecular complexity index is 818. The van der Waals surface area contributed by atoms with E-state index < -0.39 is 11.7 Å². The Morgan fingerprint density at radius 1 is 1.36 bits per heavy atom. The molecule has 3 heterocycles. The summed E-state index contributed by atoms with van der Waals surface area (Å²) in [7, 11) is 0. The molecule has 0 aliphatic heterocycles. The lowest BCUT2D eigenvalue weighted by atomic mass is 10.2. The second kappa shape index (κ2) is 5.38. The molecule has 0 aliphatic carbocycles. The van der Waals surface area contributed by atoms with Gasteiger partial charge in [-0.25, -0.2) is 19.7 Å². The standard InChI is InChI=1S/C14H15N5O2S/c1-14(2,3)21-13(20)18-12-17-9(8-22-12)10-7-16-11-15-5-4-6-19(10)11/h4-8H,1-3H3,(H,17,18,20). The van der Waals surface area contributed by atoms with Gasteiger partial charge < -0.3 is 4.74 Å². The summed E-state index contributed by atoms with van der Waals surface area (Å²) in [6.07, 6.45) is 4.73. The first-order valence-corrected chi connectivity index (χ1v) is 7.54. The van der Waals surface area contributed by atoms with E-state index in [9.17, 15) is 4.79 Å². The molecule has 0 aromatic carbocycles. The number of fused-ring (bicyclic) bond motifs is 1. The van der Waals surface area contributed by atoms with Crippen molar-refractivity contribution in [1.29, 1.82) is 0 Å². The van der Waals surface area contributed by atoms with E-state index in [0.29, 0.717) is 10.9 Å². The van der Waals surface area contributed by atoms with Crippen molar-refractivity contribution in [2.24, 2.45) is 0 Å². The van der Waals surface area contributed by atoms with Crippen LogP contribution in [0.25, 0.3) is 17.2 Å². The predicted molar refractivity (Wildman–Crippen MR) is 84.0 cm³/mol. The lowest BCUT2D eigenvalue weighted by Crippen LogP contribution is -2.27. The van der Waals surface area contributed by atoms with E-state index in [1.165, 1.54) is 11.3 Å². The minimum Gasteiger partial charge on any atom is -0.444 e. The molecule has 1 amide bonds. The molecule has 8 heteroatoms. The number of carbonyl (C=O) groups excluding carboxylic acids is 1. The maximum Gasteiger partial charge on any atom is 0.413 e. The molecule has 3 rings (SSSR count). The van der Waals surface area contributed by atoms with Crippen LogP contribution < -0.4 is 5.32 Å². The van der Waals surface area contributed by atoms with Gasteiger partial charge in [-0.1, -0.05) is 0 Å². The number of thiazole rings is 1. The number of hydrogen-bond acceptors (Lipinski definition) is 6. The largest absolute Gasteiger partial charge is 0.444 e. The van der Waals surface area contributed by atoms with E-state index in [2.05, 4.69) is 20.3 Å². The van der Waals surface area contributed by atoms with Crippen LogP contribution >= 0.6 is 11.3 Å². The summed E-state index contributed by atoms with van der Waals surface area (Å²) >= 11 is 1.33. The van der Waals surface area contributed by atoms with Crippen molar-refractivity contribution >= 4 is 28.3 Å². The molecule has 3 aromatic heterocycles. The fourth-order valence-corrected chi connectivity index (χ4v) is 2.55. The maximum atomic E-state index is 11.7. The van der Waals surface area contributed by atoms with Gasteiger partial charge >= 0.3 is 6.09 Å². The topological polar surface area (TPSA) is 81.4 Å². The Morgan fingerprint density at radius 2 is 2.18 bits per heavy atom. The van der Waals surface area contributed by atoms with Gasteiger partial charge in [0.25, 0.3) is 0 Å². The molecular formula is C14H15N5O2S. The lowest BCUT2D eigenvalue weighted by molar-refractivity contribution is 0.0636. The first-order valence-electron chi connectivity index (χ1n) is 6.66. The molecule has 0 atom stereocenters. The van der Waals surface area contributed by atoms with Gasteiger partial charge in [0, 0.05) is 17.8 Å². The summed E-state index contributed by atoms with van der Waals surface area (Å²) < 4.78 is 7.04. The Balaban J connectivity index is 1.81. The van der Waals surface area contributed by atoms with Crippen LogP contribution in [0.15, 0.2) is 30.0 Å². The number of carbonyl (C=O) groups is 1. The summed E-state index contributed by atoms with van der Waals surface area (Å²) in [6.45, 7) is 5.43. The van der Waals surface area contributed by atoms with Crippen LogP contribution in [0, 0.1) is 0 Å². The van der Waals surface area contributed by atoms with Gasteiger partial charge in [0.05, 0.1) is 11.9 Å². The monoisotopic (exact) mass is 317 g/mol. The van der Waals surface area contributed by atoms with E-state index in [0.717, 1.165) is 11.4 Å². The van der Waals surface area contributed by atoms with Crippen molar-refractivity contribution < 1.29 is 9.53 Å². The van der Waals surface area contributed by atoms with Crippen LogP contribution in [-0.2, 0) is 4.74 Å². The van der Waals surface area contributed by atoms with Crippen molar-refractivity contribution in [2.45, 2.75) is 26.4 Å². The number of nitrogens with zero attached hydrogens (tertiary/aromatic N) is 4. The average molecular weight is 317 g/mol. The van der Waals surface area contributed by atoms with E-state index in [4.69, 9.17) is 4.74 Å². The van der Waals surface area contributed by atoms with E-state index in [-0.39, 0.29) is 0 Å². The van der Waals surface area contributed by atoms with Crippen LogP contribution in [-0.4, -0.2) is 31.0 Å². The number of nitrogens with one attached hydrogen (secondary N) is 1. The molecule has 0 spiro atoms. The summed E-state index contributed by atoms with van der Waals surface area (Å²) in [4.78, 5) is 24.5. The summed E-state index contributed by atoms with van der Waals surface area (Å²) in [5.41, 5.74) is 0.991. The highest BCUT2D eigenvalue weighted by molar-refractivity contribution is 7.14. The van der Waals surface area contributed by atoms with Gasteiger partial charge in [-0.05, 0) is 26.8 Å². The van der Waals surface area contributed by atoms with Gasteiger partial charge in [0.2, 0.25) is 5.78 Å². The maximum absolute atomic E-state index is 11.7. The molecule has 7 nitrogen and oxygen atoms in total. The normalized spacial score (nSPS) is 11.6. The summed E-state index contributed by atoms with van der Waals surface area (Å²) in [5, 5.41) is 4.96. The Labute approximate surface area is 131 Å². The smallest absolute Gasteiger partial charge is 0.413 e. The zero-order valence-electron chi connectivity index (χ0n) is 12.4. The van der Waals surface area contributed by atoms with E-state index >= 15 is 0 Å². The third kappa shape index (κ3) is 3.06. The van der Waals surface area contributed by atoms with Crippen molar-refractivity contribution in [3.05, 3.63) is 30.0 Å². The number of anilines is 1. The zero-order chi connectivity index (χ0) is 15.7. The highest BCUT2D eigenvalue weighted by Crippen LogP contribution is 2.25. The van der Waals surface area contributed by atoms with Crippen LogP contribution in [0.3, 0.4) is 0 Å². The molecule has 0 unspecified atom stereocenters. The fraction of sp³-hybridized carbons (Fsp3) is 0.286. The van der Waals surface area contributed by atoms with Crippen molar-refractivity contribution in [3.8, 4) is 11.4 Å². The Morgan fingerprint density at radius 3 is 2.95 bits per heavy atom. The van der Waals surface area contributed by atoms with E-state index in [1.54, 1.807) is 12.4 Å². The predicted octanol–water partition coefficient (Wildman–Crippen LogP) is 3.20. The number of imidazole rings is 1. The Kier molecular flexibility index (Phi) is 3.53. The molecule has 0 aliphatic rings. The highest BCUT2D eigenvalue weighted by atomic mass is 32.1. The second-order valence-corrected chi connectivity index (χ2v) is 6.46. The summed E-state index contributed by atoms with van der Waals surface area (Å²) in [6, 6.07) is 1.82. The number of amides is 1. The van der Waals surface area contributed by atoms with Crippen LogP contribution in [0.1, 0.15) is 20.8 Å². The van der Waals surface area contributed by atoms with Crippen molar-refractivity contribution in [3.63, 3.8) is 0 Å². The molecule has 0 radical (unpaired) electrons. The van der Waals surface area contributed by atoms with Crippen LogP contribution in [0.2, 0.25) is 0 Å².